The maximum Gasteiger partial charge on any atom is 0.313 e. The number of hydrogen-bond acceptors (Lipinski definition) is 5. The van der Waals surface area contributed by atoms with E-state index in [9.17, 15) is 4.79 Å². The molecule has 0 aliphatic carbocycles. The second-order valence-electron chi connectivity index (χ2n) is 4.49. The van der Waals surface area contributed by atoms with Crippen LogP contribution in [0.15, 0.2) is 22.0 Å². The van der Waals surface area contributed by atoms with Crippen LogP contribution < -0.4 is 0 Å². The SMILES string of the molecule is CCc1nn(C)c2c1nc(SCC(=O)O)n2-c1ccsc1. The van der Waals surface area contributed by atoms with E-state index in [1.807, 2.05) is 40.0 Å². The van der Waals surface area contributed by atoms with Gasteiger partial charge in [-0.15, -0.1) is 0 Å². The Kier molecular flexibility index (Phi) is 3.73. The first-order valence-electron chi connectivity index (χ1n) is 6.43. The predicted octanol–water partition coefficient (Wildman–Crippen LogP) is 2.56. The summed E-state index contributed by atoms with van der Waals surface area (Å²) < 4.78 is 3.79. The van der Waals surface area contributed by atoms with Crippen molar-refractivity contribution >= 4 is 40.2 Å². The molecule has 0 saturated carbocycles. The number of aryl methyl sites for hydroxylation is 2. The number of fused-ring (bicyclic) bond motifs is 1. The number of thioether (sulfide) groups is 1. The first-order valence-corrected chi connectivity index (χ1v) is 8.36. The molecule has 0 fully saturated rings. The number of hydrogen-bond donors (Lipinski definition) is 1. The Balaban J connectivity index is 2.21. The van der Waals surface area contributed by atoms with Gasteiger partial charge in [0.2, 0.25) is 0 Å². The topological polar surface area (TPSA) is 72.9 Å². The van der Waals surface area contributed by atoms with Gasteiger partial charge in [-0.1, -0.05) is 18.7 Å². The molecule has 0 saturated heterocycles. The quantitative estimate of drug-likeness (QED) is 0.731. The molecule has 0 bridgehead atoms. The largest absolute Gasteiger partial charge is 0.481 e. The van der Waals surface area contributed by atoms with Crippen molar-refractivity contribution in [3.05, 3.63) is 22.5 Å². The molecule has 0 atom stereocenters. The van der Waals surface area contributed by atoms with Crippen molar-refractivity contribution in [3.63, 3.8) is 0 Å². The number of aliphatic carboxylic acids is 1. The van der Waals surface area contributed by atoms with Gasteiger partial charge in [0.25, 0.3) is 0 Å². The Morgan fingerprint density at radius 1 is 1.52 bits per heavy atom. The molecule has 8 heteroatoms. The normalized spacial score (nSPS) is 11.3. The maximum atomic E-state index is 10.8. The highest BCUT2D eigenvalue weighted by molar-refractivity contribution is 7.99. The molecule has 0 aliphatic rings. The van der Waals surface area contributed by atoms with Crippen LogP contribution in [0.5, 0.6) is 0 Å². The van der Waals surface area contributed by atoms with Gasteiger partial charge in [-0.2, -0.15) is 16.4 Å². The van der Waals surface area contributed by atoms with Gasteiger partial charge < -0.3 is 5.11 Å². The lowest BCUT2D eigenvalue weighted by Gasteiger charge is -2.06. The van der Waals surface area contributed by atoms with Gasteiger partial charge in [0.15, 0.2) is 10.8 Å². The molecule has 0 radical (unpaired) electrons. The number of aromatic nitrogens is 4. The van der Waals surface area contributed by atoms with Crippen molar-refractivity contribution < 1.29 is 9.90 Å². The third-order valence-corrected chi connectivity index (χ3v) is 4.69. The lowest BCUT2D eigenvalue weighted by atomic mass is 10.3. The Morgan fingerprint density at radius 3 is 2.95 bits per heavy atom. The minimum absolute atomic E-state index is 0.0116. The molecule has 0 spiro atoms. The van der Waals surface area contributed by atoms with E-state index in [0.29, 0.717) is 5.16 Å². The standard InChI is InChI=1S/C13H14N4O2S2/c1-3-9-11-12(16(2)15-9)17(8-4-5-20-6-8)13(14-11)21-7-10(18)19/h4-6H,3,7H2,1-2H3,(H,18,19). The highest BCUT2D eigenvalue weighted by Gasteiger charge is 2.20. The van der Waals surface area contributed by atoms with Crippen LogP contribution in [0, 0.1) is 0 Å². The van der Waals surface area contributed by atoms with Crippen LogP contribution in [0.3, 0.4) is 0 Å². The molecule has 110 valence electrons. The maximum absolute atomic E-state index is 10.8. The second kappa shape index (κ2) is 5.53. The fourth-order valence-corrected chi connectivity index (χ4v) is 3.59. The molecule has 0 amide bonds. The highest BCUT2D eigenvalue weighted by Crippen LogP contribution is 2.30. The van der Waals surface area contributed by atoms with Crippen LogP contribution >= 0.6 is 23.1 Å². The number of rotatable bonds is 5. The van der Waals surface area contributed by atoms with Gasteiger partial charge in [-0.3, -0.25) is 9.36 Å². The molecular weight excluding hydrogens is 308 g/mol. The van der Waals surface area contributed by atoms with Crippen LogP contribution in [-0.2, 0) is 18.3 Å². The fraction of sp³-hybridized carbons (Fsp3) is 0.308. The molecule has 21 heavy (non-hydrogen) atoms. The number of carboxylic acids is 1. The zero-order chi connectivity index (χ0) is 15.0. The number of imidazole rings is 1. The lowest BCUT2D eigenvalue weighted by Crippen LogP contribution is -2.04. The van der Waals surface area contributed by atoms with Crippen molar-refractivity contribution in [1.82, 2.24) is 19.3 Å². The molecule has 0 aliphatic heterocycles. The van der Waals surface area contributed by atoms with Crippen LogP contribution in [0.4, 0.5) is 0 Å². The average molecular weight is 322 g/mol. The molecule has 3 aromatic heterocycles. The van der Waals surface area contributed by atoms with Gasteiger partial charge in [0, 0.05) is 12.4 Å². The summed E-state index contributed by atoms with van der Waals surface area (Å²) in [6.45, 7) is 2.04. The summed E-state index contributed by atoms with van der Waals surface area (Å²) in [5.74, 6) is -0.861. The summed E-state index contributed by atoms with van der Waals surface area (Å²) in [4.78, 5) is 15.5. The zero-order valence-electron chi connectivity index (χ0n) is 11.6. The minimum Gasteiger partial charge on any atom is -0.481 e. The molecule has 0 aromatic carbocycles. The molecule has 1 N–H and O–H groups in total. The summed E-state index contributed by atoms with van der Waals surface area (Å²) in [5, 5.41) is 18.1. The number of carbonyl (C=O) groups is 1. The molecule has 3 heterocycles. The number of carboxylic acid groups (broad SMARTS) is 1. The van der Waals surface area contributed by atoms with Crippen molar-refractivity contribution in [3.8, 4) is 5.69 Å². The van der Waals surface area contributed by atoms with E-state index < -0.39 is 5.97 Å². The van der Waals surface area contributed by atoms with Crippen molar-refractivity contribution in [1.29, 1.82) is 0 Å². The Labute approximate surface area is 129 Å². The Hall–Kier alpha value is -1.80. The number of thiophene rings is 1. The van der Waals surface area contributed by atoms with Crippen LogP contribution in [0.2, 0.25) is 0 Å². The van der Waals surface area contributed by atoms with E-state index in [1.54, 1.807) is 11.3 Å². The number of nitrogens with zero attached hydrogens (tertiary/aromatic N) is 4. The third-order valence-electron chi connectivity index (χ3n) is 3.10. The summed E-state index contributed by atoms with van der Waals surface area (Å²) in [6, 6.07) is 2.00. The van der Waals surface area contributed by atoms with Gasteiger partial charge in [-0.05, 0) is 17.9 Å². The molecule has 0 unspecified atom stereocenters. The van der Waals surface area contributed by atoms with E-state index >= 15 is 0 Å². The van der Waals surface area contributed by atoms with E-state index in [2.05, 4.69) is 10.1 Å². The van der Waals surface area contributed by atoms with Crippen LogP contribution in [0.25, 0.3) is 16.9 Å². The smallest absolute Gasteiger partial charge is 0.313 e. The van der Waals surface area contributed by atoms with Crippen molar-refractivity contribution in [2.75, 3.05) is 5.75 Å². The van der Waals surface area contributed by atoms with Crippen molar-refractivity contribution in [2.45, 2.75) is 18.5 Å². The van der Waals surface area contributed by atoms with Crippen LogP contribution in [0.1, 0.15) is 12.6 Å². The Morgan fingerprint density at radius 2 is 2.33 bits per heavy atom. The first kappa shape index (κ1) is 14.2. The molecular formula is C13H14N4O2S2. The third kappa shape index (κ3) is 2.44. The first-order chi connectivity index (χ1) is 10.1. The zero-order valence-corrected chi connectivity index (χ0v) is 13.2. The summed E-state index contributed by atoms with van der Waals surface area (Å²) in [7, 11) is 1.89. The van der Waals surface area contributed by atoms with E-state index in [4.69, 9.17) is 5.11 Å². The van der Waals surface area contributed by atoms with Crippen LogP contribution in [-0.4, -0.2) is 36.2 Å². The highest BCUT2D eigenvalue weighted by atomic mass is 32.2. The monoisotopic (exact) mass is 322 g/mol. The van der Waals surface area contributed by atoms with Crippen molar-refractivity contribution in [2.24, 2.45) is 7.05 Å². The minimum atomic E-state index is -0.849. The van der Waals surface area contributed by atoms with Gasteiger partial charge in [-0.25, -0.2) is 9.67 Å². The van der Waals surface area contributed by atoms with Gasteiger partial charge >= 0.3 is 5.97 Å². The summed E-state index contributed by atoms with van der Waals surface area (Å²) in [5.41, 5.74) is 3.66. The van der Waals surface area contributed by atoms with Gasteiger partial charge in [0.1, 0.15) is 5.52 Å². The predicted molar refractivity (Wildman–Crippen MR) is 83.5 cm³/mol. The second-order valence-corrected chi connectivity index (χ2v) is 6.21. The molecule has 6 nitrogen and oxygen atoms in total. The molecule has 3 rings (SSSR count). The average Bonchev–Trinajstić information content (AvgIpc) is 3.13. The summed E-state index contributed by atoms with van der Waals surface area (Å²) >= 11 is 2.82. The lowest BCUT2D eigenvalue weighted by molar-refractivity contribution is -0.133. The molecule has 3 aromatic rings. The Bertz CT molecular complexity index is 789. The fourth-order valence-electron chi connectivity index (χ4n) is 2.24. The van der Waals surface area contributed by atoms with Gasteiger partial charge in [0.05, 0.1) is 17.1 Å². The van der Waals surface area contributed by atoms with E-state index in [-0.39, 0.29) is 5.75 Å². The van der Waals surface area contributed by atoms with E-state index in [1.165, 1.54) is 11.8 Å². The van der Waals surface area contributed by atoms with E-state index in [0.717, 1.165) is 29.0 Å². The summed E-state index contributed by atoms with van der Waals surface area (Å²) in [6.07, 6.45) is 0.793.